The van der Waals surface area contributed by atoms with E-state index in [1.807, 2.05) is 6.07 Å². The van der Waals surface area contributed by atoms with Gasteiger partial charge in [-0.3, -0.25) is 9.20 Å². The molecule has 0 fully saturated rings. The van der Waals surface area contributed by atoms with Crippen LogP contribution in [0.5, 0.6) is 11.5 Å². The van der Waals surface area contributed by atoms with Crippen molar-refractivity contribution in [2.24, 2.45) is 0 Å². The average Bonchev–Trinajstić information content (AvgIpc) is 2.91. The summed E-state index contributed by atoms with van der Waals surface area (Å²) in [6, 6.07) is 8.89. The molecule has 0 unspecified atom stereocenters. The monoisotopic (exact) mass is 316 g/mol. The van der Waals surface area contributed by atoms with E-state index in [9.17, 15) is 4.79 Å². The number of methoxy groups -OCH3 is 2. The highest BCUT2D eigenvalue weighted by Gasteiger charge is 2.15. The van der Waals surface area contributed by atoms with Gasteiger partial charge in [0.25, 0.3) is 0 Å². The van der Waals surface area contributed by atoms with Crippen LogP contribution in [0.3, 0.4) is 0 Å². The molecule has 3 aromatic rings. The summed E-state index contributed by atoms with van der Waals surface area (Å²) in [5.41, 5.74) is 2.42. The van der Waals surface area contributed by atoms with E-state index in [1.165, 1.54) is 0 Å². The fourth-order valence-electron chi connectivity index (χ4n) is 2.35. The summed E-state index contributed by atoms with van der Waals surface area (Å²) in [6.45, 7) is 0. The zero-order valence-electron chi connectivity index (χ0n) is 12.0. The molecule has 0 aliphatic carbocycles. The normalized spacial score (nSPS) is 10.7. The number of hydrogen-bond acceptors (Lipinski definition) is 4. The lowest BCUT2D eigenvalue weighted by Crippen LogP contribution is -1.94. The minimum absolute atomic E-state index is 0.435. The Labute approximate surface area is 132 Å². The van der Waals surface area contributed by atoms with Crippen LogP contribution in [0.25, 0.3) is 16.9 Å². The van der Waals surface area contributed by atoms with Crippen molar-refractivity contribution < 1.29 is 14.3 Å². The molecule has 0 aliphatic heterocycles. The second-order valence-electron chi connectivity index (χ2n) is 4.61. The first-order valence-corrected chi connectivity index (χ1v) is 6.91. The van der Waals surface area contributed by atoms with Gasteiger partial charge >= 0.3 is 0 Å². The number of aldehydes is 1. The van der Waals surface area contributed by atoms with Crippen LogP contribution in [0, 0.1) is 0 Å². The highest BCUT2D eigenvalue weighted by Crippen LogP contribution is 2.33. The van der Waals surface area contributed by atoms with Crippen LogP contribution in [-0.2, 0) is 0 Å². The number of aromatic nitrogens is 2. The van der Waals surface area contributed by atoms with Gasteiger partial charge in [-0.1, -0.05) is 11.6 Å². The Bertz CT molecular complexity index is 858. The van der Waals surface area contributed by atoms with Crippen LogP contribution in [0.1, 0.15) is 10.5 Å². The van der Waals surface area contributed by atoms with E-state index < -0.39 is 0 Å². The minimum Gasteiger partial charge on any atom is -0.493 e. The lowest BCUT2D eigenvalue weighted by atomic mass is 10.1. The van der Waals surface area contributed by atoms with Crippen molar-refractivity contribution in [2.45, 2.75) is 0 Å². The molecular formula is C16H13ClN2O3. The van der Waals surface area contributed by atoms with E-state index in [2.05, 4.69) is 4.98 Å². The number of imidazole rings is 1. The molecule has 0 amide bonds. The maximum Gasteiger partial charge on any atom is 0.169 e. The van der Waals surface area contributed by atoms with Crippen molar-refractivity contribution in [1.82, 2.24) is 9.38 Å². The number of pyridine rings is 1. The Kier molecular flexibility index (Phi) is 3.73. The lowest BCUT2D eigenvalue weighted by Gasteiger charge is -2.08. The first-order valence-electron chi connectivity index (χ1n) is 6.53. The molecule has 112 valence electrons. The average molecular weight is 317 g/mol. The first kappa shape index (κ1) is 14.4. The number of nitrogens with zero attached hydrogens (tertiary/aromatic N) is 2. The van der Waals surface area contributed by atoms with E-state index in [4.69, 9.17) is 21.1 Å². The Morgan fingerprint density at radius 3 is 2.59 bits per heavy atom. The summed E-state index contributed by atoms with van der Waals surface area (Å²) in [5, 5.41) is 0.534. The van der Waals surface area contributed by atoms with Gasteiger partial charge in [0.05, 0.1) is 19.2 Å². The third kappa shape index (κ3) is 2.29. The molecule has 0 N–H and O–H groups in total. The molecule has 0 atom stereocenters. The van der Waals surface area contributed by atoms with Crippen LogP contribution < -0.4 is 9.47 Å². The largest absolute Gasteiger partial charge is 0.493 e. The second-order valence-corrected chi connectivity index (χ2v) is 5.05. The first-order chi connectivity index (χ1) is 10.7. The van der Waals surface area contributed by atoms with Crippen LogP contribution >= 0.6 is 11.6 Å². The molecule has 0 radical (unpaired) electrons. The summed E-state index contributed by atoms with van der Waals surface area (Å²) >= 11 is 5.99. The fraction of sp³-hybridized carbons (Fsp3) is 0.125. The molecule has 0 bridgehead atoms. The number of rotatable bonds is 4. The smallest absolute Gasteiger partial charge is 0.169 e. The predicted octanol–water partition coefficient (Wildman–Crippen LogP) is 3.48. The minimum atomic E-state index is 0.435. The topological polar surface area (TPSA) is 52.8 Å². The predicted molar refractivity (Wildman–Crippen MR) is 84.1 cm³/mol. The number of carbonyl (C=O) groups excluding carboxylic acids is 1. The number of fused-ring (bicyclic) bond motifs is 1. The van der Waals surface area contributed by atoms with Crippen molar-refractivity contribution in [2.75, 3.05) is 14.2 Å². The van der Waals surface area contributed by atoms with Gasteiger partial charge in [-0.2, -0.15) is 0 Å². The quantitative estimate of drug-likeness (QED) is 0.691. The summed E-state index contributed by atoms with van der Waals surface area (Å²) in [4.78, 5) is 16.0. The molecule has 0 saturated carbocycles. The SMILES string of the molecule is COc1ccc(-c2nc3ccc(Cl)cn3c2C=O)cc1OC. The van der Waals surface area contributed by atoms with Crippen molar-refractivity contribution in [3.05, 3.63) is 47.2 Å². The third-order valence-electron chi connectivity index (χ3n) is 3.39. The van der Waals surface area contributed by atoms with Crippen molar-refractivity contribution >= 4 is 23.5 Å². The maximum absolute atomic E-state index is 11.5. The van der Waals surface area contributed by atoms with E-state index >= 15 is 0 Å². The molecule has 2 heterocycles. The van der Waals surface area contributed by atoms with Gasteiger partial charge in [-0.15, -0.1) is 0 Å². The molecule has 1 aromatic carbocycles. The Balaban J connectivity index is 2.23. The van der Waals surface area contributed by atoms with Crippen molar-refractivity contribution in [3.8, 4) is 22.8 Å². The molecule has 22 heavy (non-hydrogen) atoms. The molecule has 0 aliphatic rings. The Hall–Kier alpha value is -2.53. The lowest BCUT2D eigenvalue weighted by molar-refractivity contribution is 0.111. The number of hydrogen-bond donors (Lipinski definition) is 0. The van der Waals surface area contributed by atoms with Gasteiger partial charge in [-0.05, 0) is 30.3 Å². The van der Waals surface area contributed by atoms with E-state index in [0.717, 1.165) is 11.8 Å². The van der Waals surface area contributed by atoms with Crippen LogP contribution in [0.15, 0.2) is 36.5 Å². The molecule has 5 nitrogen and oxygen atoms in total. The van der Waals surface area contributed by atoms with Crippen molar-refractivity contribution in [1.29, 1.82) is 0 Å². The van der Waals surface area contributed by atoms with Gasteiger partial charge in [-0.25, -0.2) is 4.98 Å². The number of benzene rings is 1. The number of halogens is 1. The number of carbonyl (C=O) groups is 1. The van der Waals surface area contributed by atoms with Crippen LogP contribution in [0.4, 0.5) is 0 Å². The van der Waals surface area contributed by atoms with Crippen molar-refractivity contribution in [3.63, 3.8) is 0 Å². The molecule has 0 spiro atoms. The summed E-state index contributed by atoms with van der Waals surface area (Å²) < 4.78 is 12.2. The summed E-state index contributed by atoms with van der Waals surface area (Å²) in [6.07, 6.45) is 2.43. The third-order valence-corrected chi connectivity index (χ3v) is 3.61. The molecule has 3 rings (SSSR count). The zero-order chi connectivity index (χ0) is 15.7. The zero-order valence-corrected chi connectivity index (χ0v) is 12.8. The summed E-state index contributed by atoms with van der Waals surface area (Å²) in [7, 11) is 3.13. The van der Waals surface area contributed by atoms with Crippen LogP contribution in [0.2, 0.25) is 5.02 Å². The van der Waals surface area contributed by atoms with Crippen LogP contribution in [-0.4, -0.2) is 29.9 Å². The Morgan fingerprint density at radius 2 is 1.91 bits per heavy atom. The molecule has 6 heteroatoms. The van der Waals surface area contributed by atoms with E-state index in [-0.39, 0.29) is 0 Å². The molecular weight excluding hydrogens is 304 g/mol. The van der Waals surface area contributed by atoms with E-state index in [1.54, 1.807) is 49.1 Å². The van der Waals surface area contributed by atoms with Gasteiger partial charge < -0.3 is 9.47 Å². The highest BCUT2D eigenvalue weighted by atomic mass is 35.5. The number of ether oxygens (including phenoxy) is 2. The summed E-state index contributed by atoms with van der Waals surface area (Å²) in [5.74, 6) is 1.19. The second kappa shape index (κ2) is 5.69. The molecule has 2 aromatic heterocycles. The standard InChI is InChI=1S/C16H13ClN2O3/c1-21-13-5-3-10(7-14(13)22-2)16-12(9-20)19-8-11(17)4-6-15(19)18-16/h3-9H,1-2H3. The van der Waals surface area contributed by atoms with Gasteiger partial charge in [0.1, 0.15) is 17.0 Å². The maximum atomic E-state index is 11.5. The fourth-order valence-corrected chi connectivity index (χ4v) is 2.51. The van der Waals surface area contributed by atoms with Gasteiger partial charge in [0.15, 0.2) is 17.8 Å². The van der Waals surface area contributed by atoms with Gasteiger partial charge in [0, 0.05) is 11.8 Å². The van der Waals surface area contributed by atoms with Gasteiger partial charge in [0.2, 0.25) is 0 Å². The molecule has 0 saturated heterocycles. The Morgan fingerprint density at radius 1 is 1.14 bits per heavy atom. The highest BCUT2D eigenvalue weighted by molar-refractivity contribution is 6.30. The van der Waals surface area contributed by atoms with E-state index in [0.29, 0.717) is 33.6 Å².